The summed E-state index contributed by atoms with van der Waals surface area (Å²) in [4.78, 5) is 17.9. The van der Waals surface area contributed by atoms with Crippen molar-refractivity contribution in [3.63, 3.8) is 0 Å². The number of fused-ring (bicyclic) bond motifs is 5. The zero-order valence-electron chi connectivity index (χ0n) is 36.3. The maximum atomic E-state index is 7.09. The number of benzene rings is 5. The first-order valence-corrected chi connectivity index (χ1v) is 22.4. The van der Waals surface area contributed by atoms with Crippen molar-refractivity contribution in [1.82, 2.24) is 14.5 Å². The predicted molar refractivity (Wildman–Crippen MR) is 254 cm³/mol. The quantitative estimate of drug-likeness (QED) is 0.168. The summed E-state index contributed by atoms with van der Waals surface area (Å²) in [5.74, 6) is 2.11. The van der Waals surface area contributed by atoms with E-state index in [9.17, 15) is 0 Å². The number of anilines is 3. The molecule has 0 amide bonds. The molecule has 2 aliphatic heterocycles. The zero-order valence-corrected chi connectivity index (χ0v) is 36.3. The van der Waals surface area contributed by atoms with Crippen LogP contribution in [0, 0.1) is 5.92 Å². The van der Waals surface area contributed by atoms with Crippen molar-refractivity contribution >= 4 is 44.8 Å². The number of para-hydroxylation sites is 2. The molecule has 0 bridgehead atoms. The van der Waals surface area contributed by atoms with E-state index in [1.54, 1.807) is 0 Å². The highest BCUT2D eigenvalue weighted by molar-refractivity contribution is 6.11. The third kappa shape index (κ3) is 6.42. The highest BCUT2D eigenvalue weighted by Gasteiger charge is 2.41. The standard InChI is InChI=1S/C56H53N5O/c1-55(2,3)40-27-29-58-51(33-40)61-47-25-14-12-22-42(47)43-34-45-50(35-49(43)61)60(48-26-15-13-23-44(48)56(45,4)5)41-31-38(46-24-16-17-28-57-46)30-39(32-41)54-59-52(36-18-8-6-9-19-36)53(62-54)37-20-10-7-11-21-37/h7,10-17,20-36,52-53H,6,8-9,18-19H2,1-5H3/t52-,53-/m1/s1. The number of hydrogen-bond acceptors (Lipinski definition) is 5. The number of aromatic nitrogens is 3. The second kappa shape index (κ2) is 14.8. The molecule has 0 spiro atoms. The Morgan fingerprint density at radius 1 is 0.629 bits per heavy atom. The van der Waals surface area contributed by atoms with Gasteiger partial charge < -0.3 is 9.64 Å². The average Bonchev–Trinajstić information content (AvgIpc) is 3.90. The van der Waals surface area contributed by atoms with Gasteiger partial charge in [-0.25, -0.2) is 9.98 Å². The molecule has 3 aliphatic rings. The number of ether oxygens (including phenoxy) is 1. The number of pyridine rings is 2. The van der Waals surface area contributed by atoms with Gasteiger partial charge in [-0.05, 0) is 113 Å². The molecule has 8 aromatic rings. The van der Waals surface area contributed by atoms with E-state index in [1.807, 2.05) is 18.5 Å². The van der Waals surface area contributed by atoms with Crippen molar-refractivity contribution in [2.75, 3.05) is 4.90 Å². The van der Waals surface area contributed by atoms with E-state index in [0.29, 0.717) is 11.8 Å². The van der Waals surface area contributed by atoms with Crippen LogP contribution in [0.25, 0.3) is 38.9 Å². The third-order valence-corrected chi connectivity index (χ3v) is 13.8. The van der Waals surface area contributed by atoms with Gasteiger partial charge in [-0.15, -0.1) is 0 Å². The van der Waals surface area contributed by atoms with Gasteiger partial charge in [-0.2, -0.15) is 0 Å². The Balaban J connectivity index is 1.15. The molecule has 1 saturated carbocycles. The van der Waals surface area contributed by atoms with E-state index >= 15 is 0 Å². The monoisotopic (exact) mass is 811 g/mol. The van der Waals surface area contributed by atoms with Gasteiger partial charge in [0, 0.05) is 45.4 Å². The van der Waals surface area contributed by atoms with Gasteiger partial charge in [-0.3, -0.25) is 9.55 Å². The largest absolute Gasteiger partial charge is 0.467 e. The minimum absolute atomic E-state index is 0.0264. The van der Waals surface area contributed by atoms with Crippen LogP contribution in [-0.4, -0.2) is 26.5 Å². The lowest BCUT2D eigenvalue weighted by Crippen LogP contribution is -2.30. The summed E-state index contributed by atoms with van der Waals surface area (Å²) in [5, 5.41) is 2.43. The van der Waals surface area contributed by atoms with Crippen LogP contribution in [0.1, 0.15) is 101 Å². The minimum atomic E-state index is -0.291. The molecule has 1 fully saturated rings. The molecular formula is C56H53N5O. The lowest BCUT2D eigenvalue weighted by molar-refractivity contribution is 0.150. The molecule has 2 atom stereocenters. The van der Waals surface area contributed by atoms with E-state index in [1.165, 1.54) is 65.1 Å². The van der Waals surface area contributed by atoms with E-state index in [0.717, 1.165) is 50.7 Å². The second-order valence-corrected chi connectivity index (χ2v) is 19.1. The van der Waals surface area contributed by atoms with Crippen LogP contribution >= 0.6 is 0 Å². The number of rotatable bonds is 6. The molecule has 1 aliphatic carbocycles. The summed E-state index contributed by atoms with van der Waals surface area (Å²) in [6.45, 7) is 11.5. The summed E-state index contributed by atoms with van der Waals surface area (Å²) in [7, 11) is 0. The SMILES string of the molecule is CC(C)(C)c1ccnc(-n2c3ccccc3c3cc4c(cc32)N(c2cc(C3=N[C@H](C5CCCCC5)[C@@H](c5ccccc5)O3)cc(-c3ccccn3)c2)c2ccccc2C4(C)C)c1. The predicted octanol–water partition coefficient (Wildman–Crippen LogP) is 14.1. The Kier molecular flexibility index (Phi) is 9.19. The van der Waals surface area contributed by atoms with Crippen LogP contribution in [0.4, 0.5) is 17.1 Å². The smallest absolute Gasteiger partial charge is 0.217 e. The van der Waals surface area contributed by atoms with Gasteiger partial charge in [-0.1, -0.05) is 127 Å². The van der Waals surface area contributed by atoms with Gasteiger partial charge in [0.2, 0.25) is 5.90 Å². The molecule has 0 radical (unpaired) electrons. The fourth-order valence-corrected chi connectivity index (χ4v) is 10.5. The van der Waals surface area contributed by atoms with Gasteiger partial charge in [0.05, 0.1) is 34.1 Å². The molecule has 0 saturated heterocycles. The fraction of sp³-hybridized carbons (Fsp3) is 0.268. The van der Waals surface area contributed by atoms with Crippen LogP contribution in [0.2, 0.25) is 0 Å². The van der Waals surface area contributed by atoms with Crippen molar-refractivity contribution < 1.29 is 4.74 Å². The highest BCUT2D eigenvalue weighted by atomic mass is 16.5. The molecule has 308 valence electrons. The lowest BCUT2D eigenvalue weighted by atomic mass is 9.73. The fourth-order valence-electron chi connectivity index (χ4n) is 10.5. The van der Waals surface area contributed by atoms with E-state index < -0.39 is 0 Å². The number of hydrogen-bond donors (Lipinski definition) is 0. The summed E-state index contributed by atoms with van der Waals surface area (Å²) in [6.07, 6.45) is 9.88. The maximum Gasteiger partial charge on any atom is 0.217 e. The first-order chi connectivity index (χ1) is 30.1. The summed E-state index contributed by atoms with van der Waals surface area (Å²) < 4.78 is 9.45. The normalized spacial score (nSPS) is 18.7. The number of aliphatic imine (C=N–C) groups is 1. The molecule has 0 unspecified atom stereocenters. The molecule has 5 heterocycles. The van der Waals surface area contributed by atoms with Gasteiger partial charge in [0.25, 0.3) is 0 Å². The summed E-state index contributed by atoms with van der Waals surface area (Å²) in [6, 6.07) is 50.7. The highest BCUT2D eigenvalue weighted by Crippen LogP contribution is 2.54. The minimum Gasteiger partial charge on any atom is -0.467 e. The molecule has 5 aromatic carbocycles. The number of nitrogens with zero attached hydrogens (tertiary/aromatic N) is 5. The molecule has 6 heteroatoms. The van der Waals surface area contributed by atoms with E-state index in [2.05, 4.69) is 178 Å². The Morgan fingerprint density at radius 2 is 1.39 bits per heavy atom. The first kappa shape index (κ1) is 38.4. The van der Waals surface area contributed by atoms with E-state index in [-0.39, 0.29) is 23.0 Å². The van der Waals surface area contributed by atoms with Crippen LogP contribution in [0.5, 0.6) is 0 Å². The zero-order chi connectivity index (χ0) is 42.2. The van der Waals surface area contributed by atoms with Crippen molar-refractivity contribution in [3.05, 3.63) is 180 Å². The Morgan fingerprint density at radius 3 is 2.19 bits per heavy atom. The van der Waals surface area contributed by atoms with Crippen LogP contribution < -0.4 is 4.90 Å². The Labute approximate surface area is 365 Å². The molecule has 0 N–H and O–H groups in total. The molecular weight excluding hydrogens is 759 g/mol. The van der Waals surface area contributed by atoms with Gasteiger partial charge >= 0.3 is 0 Å². The average molecular weight is 812 g/mol. The molecule has 62 heavy (non-hydrogen) atoms. The Hall–Kier alpha value is -6.53. The van der Waals surface area contributed by atoms with Crippen LogP contribution in [0.3, 0.4) is 0 Å². The van der Waals surface area contributed by atoms with Gasteiger partial charge in [0.15, 0.2) is 0 Å². The van der Waals surface area contributed by atoms with Crippen LogP contribution in [-0.2, 0) is 15.6 Å². The molecule has 11 rings (SSSR count). The van der Waals surface area contributed by atoms with Gasteiger partial charge in [0.1, 0.15) is 11.9 Å². The Bertz CT molecular complexity index is 3010. The summed E-state index contributed by atoms with van der Waals surface area (Å²) >= 11 is 0. The molecule has 3 aromatic heterocycles. The third-order valence-electron chi connectivity index (χ3n) is 13.8. The van der Waals surface area contributed by atoms with Crippen molar-refractivity contribution in [2.24, 2.45) is 10.9 Å². The summed E-state index contributed by atoms with van der Waals surface area (Å²) in [5.41, 5.74) is 13.1. The van der Waals surface area contributed by atoms with E-state index in [4.69, 9.17) is 19.7 Å². The topological polar surface area (TPSA) is 55.5 Å². The van der Waals surface area contributed by atoms with Crippen LogP contribution in [0.15, 0.2) is 157 Å². The second-order valence-electron chi connectivity index (χ2n) is 19.1. The first-order valence-electron chi connectivity index (χ1n) is 22.4. The van der Waals surface area contributed by atoms with Crippen molar-refractivity contribution in [1.29, 1.82) is 0 Å². The lowest BCUT2D eigenvalue weighted by Gasteiger charge is -2.42. The van der Waals surface area contributed by atoms with Crippen molar-refractivity contribution in [2.45, 2.75) is 89.7 Å². The van der Waals surface area contributed by atoms with Crippen molar-refractivity contribution in [3.8, 4) is 17.1 Å². The molecule has 6 nitrogen and oxygen atoms in total. The maximum absolute atomic E-state index is 7.09.